The van der Waals surface area contributed by atoms with Gasteiger partial charge in [-0.15, -0.1) is 0 Å². The van der Waals surface area contributed by atoms with Crippen molar-refractivity contribution in [3.05, 3.63) is 65.5 Å². The van der Waals surface area contributed by atoms with E-state index in [0.29, 0.717) is 23.5 Å². The summed E-state index contributed by atoms with van der Waals surface area (Å²) in [6, 6.07) is 13.8. The molecule has 0 aliphatic rings. The molecule has 4 N–H and O–H groups in total. The fourth-order valence-corrected chi connectivity index (χ4v) is 2.14. The number of nitrogens with one attached hydrogen (secondary N) is 2. The third-order valence-electron chi connectivity index (χ3n) is 3.29. The van der Waals surface area contributed by atoms with Crippen molar-refractivity contribution >= 4 is 22.8 Å². The number of para-hydroxylation sites is 2. The van der Waals surface area contributed by atoms with E-state index in [1.807, 2.05) is 24.3 Å². The standard InChI is InChI=1S/C16H14N4O2/c17-15(21)10-5-7-11(8-6-10)16(22)18-9-14-19-12-3-1-2-4-13(12)20-14/h1-8H,9H2,(H2,17,21)(H,18,22)(H,19,20). The molecule has 3 rings (SSSR count). The smallest absolute Gasteiger partial charge is 0.251 e. The molecule has 2 aromatic carbocycles. The molecule has 2 amide bonds. The Morgan fingerprint density at radius 1 is 1.05 bits per heavy atom. The van der Waals surface area contributed by atoms with E-state index in [2.05, 4.69) is 15.3 Å². The van der Waals surface area contributed by atoms with Crippen LogP contribution in [0.15, 0.2) is 48.5 Å². The monoisotopic (exact) mass is 294 g/mol. The Kier molecular flexibility index (Phi) is 3.57. The predicted octanol–water partition coefficient (Wildman–Crippen LogP) is 1.59. The fraction of sp³-hybridized carbons (Fsp3) is 0.0625. The second kappa shape index (κ2) is 5.69. The first-order valence-electron chi connectivity index (χ1n) is 6.75. The summed E-state index contributed by atoms with van der Waals surface area (Å²) in [5.41, 5.74) is 7.78. The van der Waals surface area contributed by atoms with Gasteiger partial charge in [-0.3, -0.25) is 9.59 Å². The summed E-state index contributed by atoms with van der Waals surface area (Å²) in [6.07, 6.45) is 0. The molecule has 0 atom stereocenters. The van der Waals surface area contributed by atoms with Crippen LogP contribution in [0.25, 0.3) is 11.0 Å². The molecule has 0 saturated heterocycles. The van der Waals surface area contributed by atoms with Gasteiger partial charge in [0.05, 0.1) is 17.6 Å². The Morgan fingerprint density at radius 3 is 2.41 bits per heavy atom. The van der Waals surface area contributed by atoms with Gasteiger partial charge in [0.25, 0.3) is 5.91 Å². The van der Waals surface area contributed by atoms with Crippen molar-refractivity contribution in [2.45, 2.75) is 6.54 Å². The molecule has 110 valence electrons. The molecule has 6 nitrogen and oxygen atoms in total. The molecule has 0 radical (unpaired) electrons. The van der Waals surface area contributed by atoms with Crippen LogP contribution in [0.4, 0.5) is 0 Å². The van der Waals surface area contributed by atoms with E-state index in [4.69, 9.17) is 5.73 Å². The van der Waals surface area contributed by atoms with E-state index in [0.717, 1.165) is 11.0 Å². The number of rotatable bonds is 4. The van der Waals surface area contributed by atoms with Gasteiger partial charge in [0.1, 0.15) is 5.82 Å². The number of hydrogen-bond donors (Lipinski definition) is 3. The third kappa shape index (κ3) is 2.80. The molecule has 3 aromatic rings. The van der Waals surface area contributed by atoms with Crippen molar-refractivity contribution in [1.82, 2.24) is 15.3 Å². The first-order valence-corrected chi connectivity index (χ1v) is 6.75. The van der Waals surface area contributed by atoms with Crippen molar-refractivity contribution in [2.24, 2.45) is 5.73 Å². The number of aromatic amines is 1. The normalized spacial score (nSPS) is 10.5. The molecule has 0 spiro atoms. The summed E-state index contributed by atoms with van der Waals surface area (Å²) in [6.45, 7) is 0.297. The van der Waals surface area contributed by atoms with Crippen molar-refractivity contribution in [3.63, 3.8) is 0 Å². The zero-order chi connectivity index (χ0) is 15.5. The van der Waals surface area contributed by atoms with Crippen molar-refractivity contribution in [3.8, 4) is 0 Å². The molecule has 1 heterocycles. The Hall–Kier alpha value is -3.15. The SMILES string of the molecule is NC(=O)c1ccc(C(=O)NCc2nc3ccccc3[nH]2)cc1. The molecule has 0 unspecified atom stereocenters. The average Bonchev–Trinajstić information content (AvgIpc) is 2.95. The minimum atomic E-state index is -0.519. The number of nitrogens with zero attached hydrogens (tertiary/aromatic N) is 1. The Morgan fingerprint density at radius 2 is 1.73 bits per heavy atom. The Bertz CT molecular complexity index is 804. The minimum absolute atomic E-state index is 0.239. The highest BCUT2D eigenvalue weighted by atomic mass is 16.2. The molecule has 22 heavy (non-hydrogen) atoms. The van der Waals surface area contributed by atoms with Crippen LogP contribution in [0, 0.1) is 0 Å². The van der Waals surface area contributed by atoms with E-state index in [9.17, 15) is 9.59 Å². The van der Waals surface area contributed by atoms with Crippen LogP contribution in [-0.2, 0) is 6.54 Å². The number of amides is 2. The largest absolute Gasteiger partial charge is 0.366 e. The van der Waals surface area contributed by atoms with E-state index in [1.165, 1.54) is 12.1 Å². The lowest BCUT2D eigenvalue weighted by atomic mass is 10.1. The molecule has 0 aliphatic heterocycles. The van der Waals surface area contributed by atoms with Crippen molar-refractivity contribution in [2.75, 3.05) is 0 Å². The topological polar surface area (TPSA) is 101 Å². The van der Waals surface area contributed by atoms with Crippen LogP contribution < -0.4 is 11.1 Å². The van der Waals surface area contributed by atoms with Gasteiger partial charge in [-0.1, -0.05) is 12.1 Å². The highest BCUT2D eigenvalue weighted by molar-refractivity contribution is 5.97. The molecule has 1 aromatic heterocycles. The minimum Gasteiger partial charge on any atom is -0.366 e. The van der Waals surface area contributed by atoms with Crippen LogP contribution in [0.5, 0.6) is 0 Å². The van der Waals surface area contributed by atoms with Crippen LogP contribution in [0.3, 0.4) is 0 Å². The number of H-pyrrole nitrogens is 1. The van der Waals surface area contributed by atoms with E-state index in [1.54, 1.807) is 12.1 Å². The zero-order valence-corrected chi connectivity index (χ0v) is 11.7. The number of carbonyl (C=O) groups excluding carboxylic acids is 2. The summed E-state index contributed by atoms with van der Waals surface area (Å²) in [5.74, 6) is -0.0750. The quantitative estimate of drug-likeness (QED) is 0.681. The summed E-state index contributed by atoms with van der Waals surface area (Å²) in [5, 5.41) is 2.78. The molecular weight excluding hydrogens is 280 g/mol. The maximum absolute atomic E-state index is 12.0. The molecule has 0 aliphatic carbocycles. The Labute approximate surface area is 126 Å². The Balaban J connectivity index is 1.67. The maximum atomic E-state index is 12.0. The summed E-state index contributed by atoms with van der Waals surface area (Å²) in [4.78, 5) is 30.6. The number of benzene rings is 2. The van der Waals surface area contributed by atoms with Gasteiger partial charge in [-0.2, -0.15) is 0 Å². The lowest BCUT2D eigenvalue weighted by Gasteiger charge is -2.03. The summed E-state index contributed by atoms with van der Waals surface area (Å²) in [7, 11) is 0. The second-order valence-electron chi connectivity index (χ2n) is 4.82. The molecular formula is C16H14N4O2. The number of fused-ring (bicyclic) bond motifs is 1. The molecule has 0 fully saturated rings. The first-order chi connectivity index (χ1) is 10.6. The number of hydrogen-bond acceptors (Lipinski definition) is 3. The van der Waals surface area contributed by atoms with Gasteiger partial charge in [0, 0.05) is 11.1 Å². The van der Waals surface area contributed by atoms with Gasteiger partial charge >= 0.3 is 0 Å². The van der Waals surface area contributed by atoms with E-state index >= 15 is 0 Å². The molecule has 0 bridgehead atoms. The third-order valence-corrected chi connectivity index (χ3v) is 3.29. The number of aromatic nitrogens is 2. The predicted molar refractivity (Wildman–Crippen MR) is 82.2 cm³/mol. The van der Waals surface area contributed by atoms with Crippen LogP contribution >= 0.6 is 0 Å². The van der Waals surface area contributed by atoms with Crippen molar-refractivity contribution < 1.29 is 9.59 Å². The number of carbonyl (C=O) groups is 2. The lowest BCUT2D eigenvalue weighted by Crippen LogP contribution is -2.23. The average molecular weight is 294 g/mol. The molecule has 0 saturated carbocycles. The van der Waals surface area contributed by atoms with Crippen LogP contribution in [-0.4, -0.2) is 21.8 Å². The van der Waals surface area contributed by atoms with Gasteiger partial charge in [-0.05, 0) is 36.4 Å². The number of imidazole rings is 1. The second-order valence-corrected chi connectivity index (χ2v) is 4.82. The van der Waals surface area contributed by atoms with Crippen molar-refractivity contribution in [1.29, 1.82) is 0 Å². The van der Waals surface area contributed by atoms with E-state index < -0.39 is 5.91 Å². The highest BCUT2D eigenvalue weighted by Gasteiger charge is 2.08. The highest BCUT2D eigenvalue weighted by Crippen LogP contribution is 2.10. The number of primary amides is 1. The van der Waals surface area contributed by atoms with Gasteiger partial charge < -0.3 is 16.0 Å². The van der Waals surface area contributed by atoms with Gasteiger partial charge in [-0.25, -0.2) is 4.98 Å². The van der Waals surface area contributed by atoms with Gasteiger partial charge in [0.15, 0.2) is 0 Å². The summed E-state index contributed by atoms with van der Waals surface area (Å²) >= 11 is 0. The van der Waals surface area contributed by atoms with E-state index in [-0.39, 0.29) is 5.91 Å². The first kappa shape index (κ1) is 13.8. The zero-order valence-electron chi connectivity index (χ0n) is 11.7. The molecule has 6 heteroatoms. The van der Waals surface area contributed by atoms with Crippen LogP contribution in [0.2, 0.25) is 0 Å². The number of nitrogens with two attached hydrogens (primary N) is 1. The van der Waals surface area contributed by atoms with Gasteiger partial charge in [0.2, 0.25) is 5.91 Å². The maximum Gasteiger partial charge on any atom is 0.251 e. The summed E-state index contributed by atoms with van der Waals surface area (Å²) < 4.78 is 0. The lowest BCUT2D eigenvalue weighted by molar-refractivity contribution is 0.0947. The fourth-order valence-electron chi connectivity index (χ4n) is 2.14. The van der Waals surface area contributed by atoms with Crippen LogP contribution in [0.1, 0.15) is 26.5 Å².